The molecule has 1 saturated heterocycles. The third kappa shape index (κ3) is 3.79. The predicted molar refractivity (Wildman–Crippen MR) is 112 cm³/mol. The number of hydrogen-bond donors (Lipinski definition) is 1. The minimum atomic E-state index is -0.480. The lowest BCUT2D eigenvalue weighted by Gasteiger charge is -2.31. The standard InChI is InChI=1S/C21H29FN4OS/c1-13(2)15-5-7-16(8-6-15)26-20-12-19(22)18(11-17(20)14(3)23-26)21(27)24-28-25-9-4-10-25/h11-13,15-16H,4-10H2,1-3H3,(H,24,27). The minimum Gasteiger partial charge on any atom is -0.283 e. The highest BCUT2D eigenvalue weighted by molar-refractivity contribution is 7.95. The van der Waals surface area contributed by atoms with E-state index in [2.05, 4.69) is 18.6 Å². The predicted octanol–water partition coefficient (Wildman–Crippen LogP) is 4.87. The monoisotopic (exact) mass is 404 g/mol. The van der Waals surface area contributed by atoms with Gasteiger partial charge in [-0.2, -0.15) is 5.10 Å². The number of fused-ring (bicyclic) bond motifs is 1. The molecule has 2 fully saturated rings. The number of nitrogens with zero attached hydrogens (tertiary/aromatic N) is 3. The number of rotatable bonds is 5. The van der Waals surface area contributed by atoms with Gasteiger partial charge >= 0.3 is 0 Å². The minimum absolute atomic E-state index is 0.0895. The van der Waals surface area contributed by atoms with Gasteiger partial charge in [0, 0.05) is 36.7 Å². The van der Waals surface area contributed by atoms with Crippen molar-refractivity contribution in [2.75, 3.05) is 13.1 Å². The smallest absolute Gasteiger partial charge is 0.265 e. The fourth-order valence-corrected chi connectivity index (χ4v) is 5.08. The van der Waals surface area contributed by atoms with Crippen LogP contribution in [0.15, 0.2) is 12.1 Å². The molecule has 28 heavy (non-hydrogen) atoms. The number of benzene rings is 1. The van der Waals surface area contributed by atoms with Crippen molar-refractivity contribution in [2.45, 2.75) is 58.9 Å². The molecule has 2 aliphatic rings. The Kier molecular flexibility index (Phi) is 5.65. The Balaban J connectivity index is 1.55. The van der Waals surface area contributed by atoms with E-state index in [0.29, 0.717) is 12.0 Å². The van der Waals surface area contributed by atoms with Crippen LogP contribution in [0.4, 0.5) is 4.39 Å². The number of halogens is 1. The van der Waals surface area contributed by atoms with E-state index in [9.17, 15) is 9.18 Å². The quantitative estimate of drug-likeness (QED) is 0.723. The van der Waals surface area contributed by atoms with Crippen LogP contribution in [0, 0.1) is 24.6 Å². The summed E-state index contributed by atoms with van der Waals surface area (Å²) >= 11 is 1.26. The fraction of sp³-hybridized carbons (Fsp3) is 0.619. The van der Waals surface area contributed by atoms with Crippen molar-refractivity contribution in [3.8, 4) is 0 Å². The molecule has 5 nitrogen and oxygen atoms in total. The summed E-state index contributed by atoms with van der Waals surface area (Å²) in [5.41, 5.74) is 1.74. The van der Waals surface area contributed by atoms with Gasteiger partial charge in [0.25, 0.3) is 5.91 Å². The second-order valence-electron chi connectivity index (χ2n) is 8.50. The number of carbonyl (C=O) groups is 1. The number of hydrogen-bond acceptors (Lipinski definition) is 4. The lowest BCUT2D eigenvalue weighted by Crippen LogP contribution is -2.35. The summed E-state index contributed by atoms with van der Waals surface area (Å²) in [6.45, 7) is 8.43. The maximum Gasteiger partial charge on any atom is 0.265 e. The maximum atomic E-state index is 14.8. The molecule has 0 spiro atoms. The first-order valence-electron chi connectivity index (χ1n) is 10.3. The van der Waals surface area contributed by atoms with Gasteiger partial charge in [-0.25, -0.2) is 8.70 Å². The zero-order valence-electron chi connectivity index (χ0n) is 16.9. The second-order valence-corrected chi connectivity index (χ2v) is 9.40. The van der Waals surface area contributed by atoms with E-state index < -0.39 is 5.82 Å². The molecule has 0 radical (unpaired) electrons. The van der Waals surface area contributed by atoms with Crippen molar-refractivity contribution in [1.82, 2.24) is 18.8 Å². The molecule has 7 heteroatoms. The summed E-state index contributed by atoms with van der Waals surface area (Å²) in [6.07, 6.45) is 5.68. The van der Waals surface area contributed by atoms with Gasteiger partial charge in [-0.05, 0) is 56.9 Å². The molecule has 0 unspecified atom stereocenters. The Hall–Kier alpha value is -1.60. The van der Waals surface area contributed by atoms with Gasteiger partial charge in [0.2, 0.25) is 0 Å². The van der Waals surface area contributed by atoms with Crippen molar-refractivity contribution >= 4 is 28.9 Å². The Morgan fingerprint density at radius 1 is 1.25 bits per heavy atom. The van der Waals surface area contributed by atoms with Crippen LogP contribution < -0.4 is 4.72 Å². The highest BCUT2D eigenvalue weighted by Crippen LogP contribution is 2.37. The molecule has 0 bridgehead atoms. The average molecular weight is 405 g/mol. The zero-order chi connectivity index (χ0) is 19.8. The van der Waals surface area contributed by atoms with Crippen molar-refractivity contribution in [2.24, 2.45) is 11.8 Å². The second kappa shape index (κ2) is 8.03. The zero-order valence-corrected chi connectivity index (χ0v) is 17.7. The Morgan fingerprint density at radius 2 is 1.96 bits per heavy atom. The van der Waals surface area contributed by atoms with Crippen LogP contribution in [0.5, 0.6) is 0 Å². The van der Waals surface area contributed by atoms with E-state index in [1.807, 2.05) is 15.9 Å². The molecule has 1 N–H and O–H groups in total. The van der Waals surface area contributed by atoms with Crippen LogP contribution in [0.1, 0.15) is 68.0 Å². The topological polar surface area (TPSA) is 50.2 Å². The summed E-state index contributed by atoms with van der Waals surface area (Å²) in [5, 5.41) is 5.59. The third-order valence-electron chi connectivity index (χ3n) is 6.34. The molecule has 1 aromatic carbocycles. The lowest BCUT2D eigenvalue weighted by atomic mass is 9.80. The number of amides is 1. The summed E-state index contributed by atoms with van der Waals surface area (Å²) in [6, 6.07) is 3.47. The van der Waals surface area contributed by atoms with Gasteiger partial charge in [-0.15, -0.1) is 0 Å². The van der Waals surface area contributed by atoms with Gasteiger partial charge in [0.05, 0.1) is 22.8 Å². The maximum absolute atomic E-state index is 14.8. The van der Waals surface area contributed by atoms with Gasteiger partial charge in [-0.3, -0.25) is 14.2 Å². The number of aromatic nitrogens is 2. The van der Waals surface area contributed by atoms with E-state index >= 15 is 0 Å². The number of nitrogens with one attached hydrogen (secondary N) is 1. The summed E-state index contributed by atoms with van der Waals surface area (Å²) < 4.78 is 21.6. The van der Waals surface area contributed by atoms with Crippen LogP contribution in [0.2, 0.25) is 0 Å². The molecule has 2 aromatic rings. The van der Waals surface area contributed by atoms with Crippen LogP contribution in [0.3, 0.4) is 0 Å². The van der Waals surface area contributed by atoms with E-state index in [1.54, 1.807) is 6.07 Å². The normalized spacial score (nSPS) is 23.2. The van der Waals surface area contributed by atoms with Crippen LogP contribution in [0.25, 0.3) is 10.9 Å². The van der Waals surface area contributed by atoms with Crippen molar-refractivity contribution in [1.29, 1.82) is 0 Å². The van der Waals surface area contributed by atoms with E-state index in [0.717, 1.165) is 54.9 Å². The van der Waals surface area contributed by atoms with Crippen molar-refractivity contribution in [3.05, 3.63) is 29.2 Å². The first-order valence-corrected chi connectivity index (χ1v) is 11.1. The molecule has 1 amide bonds. The Morgan fingerprint density at radius 3 is 2.57 bits per heavy atom. The van der Waals surface area contributed by atoms with Gasteiger partial charge in [0.1, 0.15) is 5.82 Å². The molecule has 0 atom stereocenters. The summed E-state index contributed by atoms with van der Waals surface area (Å²) in [5.74, 6) is 0.618. The lowest BCUT2D eigenvalue weighted by molar-refractivity contribution is 0.0978. The molecular formula is C21H29FN4OS. The summed E-state index contributed by atoms with van der Waals surface area (Å²) in [4.78, 5) is 12.4. The Labute approximate surface area is 170 Å². The third-order valence-corrected chi connectivity index (χ3v) is 7.24. The molecule has 4 rings (SSSR count). The highest BCUT2D eigenvalue weighted by Gasteiger charge is 2.27. The SMILES string of the molecule is Cc1nn(C2CCC(C(C)C)CC2)c2cc(F)c(C(=O)NSN3CCC3)cc12. The van der Waals surface area contributed by atoms with E-state index in [1.165, 1.54) is 31.0 Å². The first kappa shape index (κ1) is 19.7. The molecule has 1 aliphatic carbocycles. The molecule has 152 valence electrons. The fourth-order valence-electron chi connectivity index (χ4n) is 4.32. The number of aryl methyl sites for hydroxylation is 1. The summed E-state index contributed by atoms with van der Waals surface area (Å²) in [7, 11) is 0. The van der Waals surface area contributed by atoms with Crippen LogP contribution in [-0.4, -0.2) is 33.1 Å². The van der Waals surface area contributed by atoms with Crippen molar-refractivity contribution < 1.29 is 9.18 Å². The van der Waals surface area contributed by atoms with E-state index in [-0.39, 0.29) is 11.5 Å². The van der Waals surface area contributed by atoms with Gasteiger partial charge in [0.15, 0.2) is 0 Å². The van der Waals surface area contributed by atoms with Gasteiger partial charge in [-0.1, -0.05) is 13.8 Å². The molecule has 1 aliphatic heterocycles. The first-order chi connectivity index (χ1) is 13.4. The van der Waals surface area contributed by atoms with Crippen molar-refractivity contribution in [3.63, 3.8) is 0 Å². The van der Waals surface area contributed by atoms with E-state index in [4.69, 9.17) is 5.10 Å². The number of carbonyl (C=O) groups excluding carboxylic acids is 1. The van der Waals surface area contributed by atoms with Crippen LogP contribution in [-0.2, 0) is 0 Å². The Bertz CT molecular complexity index is 869. The largest absolute Gasteiger partial charge is 0.283 e. The molecule has 1 saturated carbocycles. The van der Waals surface area contributed by atoms with Crippen LogP contribution >= 0.6 is 12.1 Å². The highest BCUT2D eigenvalue weighted by atomic mass is 32.2. The molecule has 1 aromatic heterocycles. The average Bonchev–Trinajstić information content (AvgIpc) is 2.95. The molecular weight excluding hydrogens is 375 g/mol. The van der Waals surface area contributed by atoms with Gasteiger partial charge < -0.3 is 0 Å². The molecule has 2 heterocycles.